The number of benzene rings is 8. The molecule has 3 aliphatic heterocycles. The molecule has 1 unspecified atom stereocenters. The lowest BCUT2D eigenvalue weighted by Gasteiger charge is -2.32. The number of pyridine rings is 1. The second kappa shape index (κ2) is 14.3. The van der Waals surface area contributed by atoms with Gasteiger partial charge in [-0.2, -0.15) is 4.57 Å². The van der Waals surface area contributed by atoms with Gasteiger partial charge in [0.05, 0.1) is 13.8 Å². The van der Waals surface area contributed by atoms with Crippen molar-refractivity contribution in [2.24, 2.45) is 0 Å². The van der Waals surface area contributed by atoms with E-state index in [1.807, 2.05) is 108 Å². The van der Waals surface area contributed by atoms with Gasteiger partial charge in [-0.3, -0.25) is 0 Å². The minimum atomic E-state index is -3.94. The largest absolute Gasteiger partial charge is 0.499 e. The van der Waals surface area contributed by atoms with E-state index in [0.29, 0.717) is 44.9 Å². The Morgan fingerprint density at radius 2 is 1.22 bits per heavy atom. The maximum absolute atomic E-state index is 10.4. The Hall–Kier alpha value is -7.82. The fourth-order valence-corrected chi connectivity index (χ4v) is 10.5. The van der Waals surface area contributed by atoms with Crippen molar-refractivity contribution in [1.82, 2.24) is 4.57 Å². The maximum Gasteiger partial charge on any atom is 0.499 e. The summed E-state index contributed by atoms with van der Waals surface area (Å²) >= 11 is 0. The van der Waals surface area contributed by atoms with Gasteiger partial charge in [-0.15, -0.1) is 9.13 Å². The first-order valence-electron chi connectivity index (χ1n) is 30.7. The third-order valence-electron chi connectivity index (χ3n) is 13.7. The molecule has 0 aliphatic carbocycles. The molecule has 2 aromatic heterocycles. The molecule has 10 aromatic rings. The number of rotatable bonds is 5. The zero-order chi connectivity index (χ0) is 59.9. The van der Waals surface area contributed by atoms with Crippen molar-refractivity contribution in [1.29, 1.82) is 0 Å². The molecule has 328 valence electrons. The Morgan fingerprint density at radius 1 is 0.544 bits per heavy atom. The van der Waals surface area contributed by atoms with Crippen LogP contribution in [0.3, 0.4) is 0 Å². The molecule has 4 heteroatoms. The van der Waals surface area contributed by atoms with Crippen LogP contribution in [-0.2, 0) is 16.7 Å². The molecule has 0 saturated heterocycles. The molecule has 0 radical (unpaired) electrons. The van der Waals surface area contributed by atoms with E-state index in [1.54, 1.807) is 0 Å². The highest BCUT2D eigenvalue weighted by atomic mass is 16.5. The van der Waals surface area contributed by atoms with Gasteiger partial charge in [0, 0.05) is 41.1 Å². The summed E-state index contributed by atoms with van der Waals surface area (Å²) in [6.07, 6.45) is -0.581. The molecule has 0 N–H and O–H groups in total. The lowest BCUT2D eigenvalue weighted by Crippen LogP contribution is -2.78. The average Bonchev–Trinajstić information content (AvgIpc) is 1.48. The second-order valence-electron chi connectivity index (χ2n) is 19.0. The molecule has 1 spiro atoms. The number of fused-ring (bicyclic) bond motifs is 5. The number of nitrogens with zero attached hydrogens (tertiary/aromatic N) is 3. The number of aromatic nitrogens is 3. The Balaban J connectivity index is 1.17. The molecule has 0 saturated carbocycles. The van der Waals surface area contributed by atoms with Gasteiger partial charge in [0.2, 0.25) is 5.69 Å². The summed E-state index contributed by atoms with van der Waals surface area (Å²) in [6, 6.07) is 44.3. The standard InChI is InChI=1S/C64H53N3O/c1-40-35-57(52(39-51(40)43-19-12-9-13-20-43)44-27-31-48(32-28-44)63(5,6)7)66-55-23-16-22-49-53-36-46(41-17-10-8-11-18-41)37-54-56-38-45(42-25-29-47(30-26-42)62(2,3)4)33-34-65(56)64(59(53)54)67(60(49)55)61(66)50-21-14-15-24-58(50)68-64/h8-39H,1-7H3/q+2/i2D3,3D3,4D3,25D,26D,29D,30D,33D,34D,38D. The number of ether oxygens (including phenoxy) is 1. The maximum atomic E-state index is 10.4. The number of aryl methyl sites for hydroxylation is 1. The van der Waals surface area contributed by atoms with Crippen LogP contribution in [0.4, 0.5) is 0 Å². The first-order chi connectivity index (χ1) is 39.6. The minimum absolute atomic E-state index is 0.00277. The quantitative estimate of drug-likeness (QED) is 0.158. The fraction of sp³-hybridized carbons (Fsp3) is 0.156. The Labute approximate surface area is 421 Å². The molecule has 13 rings (SSSR count). The van der Waals surface area contributed by atoms with Gasteiger partial charge in [0.1, 0.15) is 23.9 Å². The van der Waals surface area contributed by atoms with E-state index in [9.17, 15) is 9.60 Å². The van der Waals surface area contributed by atoms with Crippen LogP contribution in [-0.4, -0.2) is 4.57 Å². The molecular formula is C64H53N3O+2. The molecular weight excluding hydrogens is 827 g/mol. The van der Waals surface area contributed by atoms with Crippen molar-refractivity contribution in [2.45, 2.75) is 64.9 Å². The predicted molar refractivity (Wildman–Crippen MR) is 277 cm³/mol. The van der Waals surface area contributed by atoms with Gasteiger partial charge in [0.25, 0.3) is 0 Å². The normalized spacial score (nSPS) is 19.1. The van der Waals surface area contributed by atoms with E-state index < -0.39 is 90.9 Å². The molecule has 4 nitrogen and oxygen atoms in total. The molecule has 0 bridgehead atoms. The lowest BCUT2D eigenvalue weighted by atomic mass is 9.85. The van der Waals surface area contributed by atoms with E-state index >= 15 is 0 Å². The van der Waals surface area contributed by atoms with Crippen LogP contribution in [0.2, 0.25) is 0 Å². The van der Waals surface area contributed by atoms with E-state index in [1.165, 1.54) is 4.57 Å². The third-order valence-corrected chi connectivity index (χ3v) is 13.7. The summed E-state index contributed by atoms with van der Waals surface area (Å²) in [5.41, 5.74) is 6.18. The summed E-state index contributed by atoms with van der Waals surface area (Å²) in [4.78, 5) is 0. The topological polar surface area (TPSA) is 21.9 Å². The Bertz CT molecular complexity index is 4420. The van der Waals surface area contributed by atoms with Crippen LogP contribution in [0.1, 0.15) is 85.5 Å². The predicted octanol–water partition coefficient (Wildman–Crippen LogP) is 15.0. The Kier molecular flexibility index (Phi) is 5.72. The highest BCUT2D eigenvalue weighted by Crippen LogP contribution is 2.55. The van der Waals surface area contributed by atoms with Crippen LogP contribution in [0, 0.1) is 6.92 Å². The summed E-state index contributed by atoms with van der Waals surface area (Å²) in [5, 5.41) is 0. The van der Waals surface area contributed by atoms with Gasteiger partial charge >= 0.3 is 11.7 Å². The Morgan fingerprint density at radius 3 is 1.96 bits per heavy atom. The SMILES string of the molecule is [2H]c1c([2H])c(C(C([2H])([2H])[2H])(C([2H])([2H])[2H])C([2H])([2H])[2H])c([2H])c([2H])c1-c1c([2H])c([2H])[n+]2c(c1[2H])-c1cc(-c3ccccc3)cc3c1C21Oc2ccccc2-c2n(-c4cc(C)c(-c5ccccc5)cc4-c4ccc(C(C)(C)C)cc4)c4cccc-3c4[n+]21. The molecule has 5 heterocycles. The average molecular weight is 896 g/mol. The monoisotopic (exact) mass is 896 g/mol. The summed E-state index contributed by atoms with van der Waals surface area (Å²) in [6.45, 7) is -3.18. The van der Waals surface area contributed by atoms with Crippen molar-refractivity contribution < 1.29 is 35.8 Å². The lowest BCUT2D eigenvalue weighted by molar-refractivity contribution is -0.997. The van der Waals surface area contributed by atoms with Crippen molar-refractivity contribution in [2.75, 3.05) is 0 Å². The highest BCUT2D eigenvalue weighted by Gasteiger charge is 2.68. The van der Waals surface area contributed by atoms with Crippen molar-refractivity contribution in [3.63, 3.8) is 0 Å². The first kappa shape index (κ1) is 27.1. The number of para-hydroxylation sites is 2. The molecule has 0 fully saturated rings. The van der Waals surface area contributed by atoms with Crippen LogP contribution >= 0.6 is 0 Å². The van der Waals surface area contributed by atoms with Crippen LogP contribution in [0.5, 0.6) is 5.75 Å². The third kappa shape index (κ3) is 5.79. The van der Waals surface area contributed by atoms with Crippen molar-refractivity contribution >= 4 is 11.0 Å². The molecule has 1 atom stereocenters. The van der Waals surface area contributed by atoms with Crippen LogP contribution < -0.4 is 13.9 Å². The molecule has 3 aliphatic rings. The fourth-order valence-electron chi connectivity index (χ4n) is 10.5. The zero-order valence-electron chi connectivity index (χ0n) is 53.7. The molecule has 68 heavy (non-hydrogen) atoms. The van der Waals surface area contributed by atoms with E-state index in [2.05, 4.69) is 80.8 Å². The first-order valence-corrected chi connectivity index (χ1v) is 22.7. The molecule has 0 amide bonds. The number of hydrogen-bond donors (Lipinski definition) is 0. The summed E-state index contributed by atoms with van der Waals surface area (Å²) in [7, 11) is 0. The van der Waals surface area contributed by atoms with Crippen molar-refractivity contribution in [3.8, 4) is 89.7 Å². The number of imidazole rings is 1. The van der Waals surface area contributed by atoms with E-state index in [0.717, 1.165) is 55.7 Å². The molecule has 8 aromatic carbocycles. The summed E-state index contributed by atoms with van der Waals surface area (Å²) in [5.74, 6) is -0.884. The van der Waals surface area contributed by atoms with E-state index in [-0.39, 0.29) is 11.1 Å². The van der Waals surface area contributed by atoms with Gasteiger partial charge < -0.3 is 4.74 Å². The zero-order valence-corrected chi connectivity index (χ0v) is 37.7. The van der Waals surface area contributed by atoms with E-state index in [4.69, 9.17) is 17.1 Å². The second-order valence-corrected chi connectivity index (χ2v) is 19.0. The van der Waals surface area contributed by atoms with Gasteiger partial charge in [0.15, 0.2) is 17.2 Å². The minimum Gasteiger partial charge on any atom is -0.392 e. The van der Waals surface area contributed by atoms with Gasteiger partial charge in [-0.25, -0.2) is 0 Å². The smallest absolute Gasteiger partial charge is 0.392 e. The van der Waals surface area contributed by atoms with Gasteiger partial charge in [-0.05, 0) is 122 Å². The van der Waals surface area contributed by atoms with Crippen LogP contribution in [0.15, 0.2) is 194 Å². The van der Waals surface area contributed by atoms with Gasteiger partial charge in [-0.1, -0.05) is 169 Å². The van der Waals surface area contributed by atoms with Crippen molar-refractivity contribution in [3.05, 3.63) is 216 Å². The highest BCUT2D eigenvalue weighted by molar-refractivity contribution is 6.00. The van der Waals surface area contributed by atoms with Crippen LogP contribution in [0.25, 0.3) is 95.0 Å². The summed E-state index contributed by atoms with van der Waals surface area (Å²) < 4.78 is 157. The number of hydrogen-bond acceptors (Lipinski definition) is 1.